The first-order valence-corrected chi connectivity index (χ1v) is 4.19. The van der Waals surface area contributed by atoms with E-state index in [4.69, 9.17) is 10.2 Å². The zero-order valence-electron chi connectivity index (χ0n) is 7.98. The van der Waals surface area contributed by atoms with Crippen LogP contribution in [-0.4, -0.2) is 15.0 Å². The minimum absolute atomic E-state index is 0.401. The van der Waals surface area contributed by atoms with E-state index in [0.29, 0.717) is 17.5 Å². The molecule has 5 nitrogen and oxygen atoms in total. The Bertz CT molecular complexity index is 443. The highest BCUT2D eigenvalue weighted by Crippen LogP contribution is 2.15. The number of nitrogens with two attached hydrogens (primary N) is 1. The standard InChI is InChI=1S/C9H10N4O/c1-5-3-7(10)13-8(11-5)9-12-6(2)4-14-9/h3-4H,1-2H3,(H2,10,11,13). The topological polar surface area (TPSA) is 77.8 Å². The van der Waals surface area contributed by atoms with Gasteiger partial charge in [0.05, 0.1) is 5.69 Å². The first-order chi connectivity index (χ1) is 6.65. The molecular formula is C9H10N4O. The van der Waals surface area contributed by atoms with Crippen molar-refractivity contribution in [3.8, 4) is 11.7 Å². The van der Waals surface area contributed by atoms with Gasteiger partial charge < -0.3 is 10.2 Å². The van der Waals surface area contributed by atoms with Gasteiger partial charge in [0.25, 0.3) is 5.89 Å². The summed E-state index contributed by atoms with van der Waals surface area (Å²) in [5.41, 5.74) is 7.17. The summed E-state index contributed by atoms with van der Waals surface area (Å²) in [6, 6.07) is 1.69. The Morgan fingerprint density at radius 3 is 2.50 bits per heavy atom. The van der Waals surface area contributed by atoms with Gasteiger partial charge in [-0.25, -0.2) is 15.0 Å². The van der Waals surface area contributed by atoms with Crippen molar-refractivity contribution in [1.29, 1.82) is 0 Å². The normalized spacial score (nSPS) is 10.4. The lowest BCUT2D eigenvalue weighted by molar-refractivity contribution is 0.568. The number of nitrogen functional groups attached to an aromatic ring is 1. The number of oxazole rings is 1. The van der Waals surface area contributed by atoms with Gasteiger partial charge in [0.1, 0.15) is 12.1 Å². The lowest BCUT2D eigenvalue weighted by atomic mass is 10.4. The smallest absolute Gasteiger partial charge is 0.265 e. The van der Waals surface area contributed by atoms with Gasteiger partial charge >= 0.3 is 0 Å². The number of hydrogen-bond acceptors (Lipinski definition) is 5. The number of hydrogen-bond donors (Lipinski definition) is 1. The first-order valence-electron chi connectivity index (χ1n) is 4.19. The van der Waals surface area contributed by atoms with Gasteiger partial charge in [-0.15, -0.1) is 0 Å². The molecule has 0 fully saturated rings. The minimum atomic E-state index is 0.401. The molecule has 5 heteroatoms. The summed E-state index contributed by atoms with van der Waals surface area (Å²) in [6.45, 7) is 3.68. The van der Waals surface area contributed by atoms with E-state index in [1.807, 2.05) is 13.8 Å². The molecule has 0 unspecified atom stereocenters. The van der Waals surface area contributed by atoms with Crippen molar-refractivity contribution < 1.29 is 4.42 Å². The highest BCUT2D eigenvalue weighted by atomic mass is 16.3. The Kier molecular flexibility index (Phi) is 1.92. The van der Waals surface area contributed by atoms with Crippen LogP contribution in [0.25, 0.3) is 11.7 Å². The second-order valence-corrected chi connectivity index (χ2v) is 3.05. The van der Waals surface area contributed by atoms with Crippen molar-refractivity contribution in [3.05, 3.63) is 23.7 Å². The third-order valence-electron chi connectivity index (χ3n) is 1.68. The van der Waals surface area contributed by atoms with Crippen molar-refractivity contribution in [2.75, 3.05) is 5.73 Å². The van der Waals surface area contributed by atoms with E-state index in [2.05, 4.69) is 15.0 Å². The molecular weight excluding hydrogens is 180 g/mol. The van der Waals surface area contributed by atoms with Gasteiger partial charge in [0.2, 0.25) is 5.82 Å². The molecule has 0 aliphatic heterocycles. The summed E-state index contributed by atoms with van der Waals surface area (Å²) in [6.07, 6.45) is 1.55. The van der Waals surface area contributed by atoms with Gasteiger partial charge in [-0.2, -0.15) is 0 Å². The lowest BCUT2D eigenvalue weighted by Gasteiger charge is -1.98. The molecule has 0 spiro atoms. The summed E-state index contributed by atoms with van der Waals surface area (Å²) < 4.78 is 5.17. The maximum absolute atomic E-state index is 5.58. The van der Waals surface area contributed by atoms with Crippen LogP contribution in [-0.2, 0) is 0 Å². The van der Waals surface area contributed by atoms with E-state index in [-0.39, 0.29) is 0 Å². The van der Waals surface area contributed by atoms with Crippen LogP contribution in [0.5, 0.6) is 0 Å². The molecule has 72 valence electrons. The van der Waals surface area contributed by atoms with E-state index in [9.17, 15) is 0 Å². The molecule has 2 aromatic rings. The maximum Gasteiger partial charge on any atom is 0.265 e. The second kappa shape index (κ2) is 3.10. The van der Waals surface area contributed by atoms with Crippen LogP contribution < -0.4 is 5.73 Å². The largest absolute Gasteiger partial charge is 0.442 e. The van der Waals surface area contributed by atoms with E-state index >= 15 is 0 Å². The molecule has 0 aromatic carbocycles. The second-order valence-electron chi connectivity index (χ2n) is 3.05. The zero-order valence-corrected chi connectivity index (χ0v) is 7.98. The molecule has 14 heavy (non-hydrogen) atoms. The third kappa shape index (κ3) is 1.56. The molecule has 2 aromatic heterocycles. The number of anilines is 1. The third-order valence-corrected chi connectivity index (χ3v) is 1.68. The van der Waals surface area contributed by atoms with Gasteiger partial charge in [-0.05, 0) is 13.8 Å². The lowest BCUT2D eigenvalue weighted by Crippen LogP contribution is -1.97. The van der Waals surface area contributed by atoms with Gasteiger partial charge in [-0.3, -0.25) is 0 Å². The van der Waals surface area contributed by atoms with Crippen LogP contribution >= 0.6 is 0 Å². The van der Waals surface area contributed by atoms with Crippen molar-refractivity contribution in [1.82, 2.24) is 15.0 Å². The summed E-state index contributed by atoms with van der Waals surface area (Å²) >= 11 is 0. The Hall–Kier alpha value is -1.91. The maximum atomic E-state index is 5.58. The predicted molar refractivity (Wildman–Crippen MR) is 51.4 cm³/mol. The van der Waals surface area contributed by atoms with Crippen LogP contribution in [0.15, 0.2) is 16.7 Å². The van der Waals surface area contributed by atoms with Crippen LogP contribution in [0.3, 0.4) is 0 Å². The SMILES string of the molecule is Cc1cc(N)nc(-c2nc(C)co2)n1. The zero-order chi connectivity index (χ0) is 10.1. The minimum Gasteiger partial charge on any atom is -0.442 e. The van der Waals surface area contributed by atoms with E-state index in [1.54, 1.807) is 12.3 Å². The fraction of sp³-hybridized carbons (Fsp3) is 0.222. The summed E-state index contributed by atoms with van der Waals surface area (Å²) in [5, 5.41) is 0. The highest BCUT2D eigenvalue weighted by Gasteiger charge is 2.08. The average Bonchev–Trinajstić information content (AvgIpc) is 2.50. The fourth-order valence-electron chi connectivity index (χ4n) is 1.15. The molecule has 0 saturated carbocycles. The molecule has 2 heterocycles. The Balaban J connectivity index is 2.51. The highest BCUT2D eigenvalue weighted by molar-refractivity contribution is 5.45. The van der Waals surface area contributed by atoms with E-state index in [0.717, 1.165) is 11.4 Å². The van der Waals surface area contributed by atoms with Gasteiger partial charge in [-0.1, -0.05) is 0 Å². The number of aromatic nitrogens is 3. The monoisotopic (exact) mass is 190 g/mol. The Labute approximate surface area is 81.0 Å². The molecule has 2 rings (SSSR count). The van der Waals surface area contributed by atoms with Crippen LogP contribution in [0.4, 0.5) is 5.82 Å². The van der Waals surface area contributed by atoms with Crippen molar-refractivity contribution in [3.63, 3.8) is 0 Å². The quantitative estimate of drug-likeness (QED) is 0.733. The molecule has 0 aliphatic rings. The average molecular weight is 190 g/mol. The summed E-state index contributed by atoms with van der Waals surface area (Å²) in [4.78, 5) is 12.3. The van der Waals surface area contributed by atoms with Crippen molar-refractivity contribution >= 4 is 5.82 Å². The molecule has 0 aliphatic carbocycles. The van der Waals surface area contributed by atoms with Gasteiger partial charge in [0.15, 0.2) is 0 Å². The van der Waals surface area contributed by atoms with Crippen molar-refractivity contribution in [2.45, 2.75) is 13.8 Å². The van der Waals surface area contributed by atoms with Crippen LogP contribution in [0, 0.1) is 13.8 Å². The predicted octanol–water partition coefficient (Wildman–Crippen LogP) is 1.33. The number of rotatable bonds is 1. The molecule has 0 amide bonds. The van der Waals surface area contributed by atoms with E-state index in [1.165, 1.54) is 0 Å². The Morgan fingerprint density at radius 2 is 1.93 bits per heavy atom. The summed E-state index contributed by atoms with van der Waals surface area (Å²) in [7, 11) is 0. The summed E-state index contributed by atoms with van der Waals surface area (Å²) in [5.74, 6) is 1.25. The molecule has 2 N–H and O–H groups in total. The molecule has 0 atom stereocenters. The molecule has 0 bridgehead atoms. The van der Waals surface area contributed by atoms with Crippen molar-refractivity contribution in [2.24, 2.45) is 0 Å². The van der Waals surface area contributed by atoms with E-state index < -0.39 is 0 Å². The molecule has 0 saturated heterocycles. The van der Waals surface area contributed by atoms with Crippen LogP contribution in [0.2, 0.25) is 0 Å². The number of nitrogens with zero attached hydrogens (tertiary/aromatic N) is 3. The first kappa shape index (κ1) is 8.68. The van der Waals surface area contributed by atoms with Gasteiger partial charge in [0, 0.05) is 11.8 Å². The van der Waals surface area contributed by atoms with Crippen LogP contribution in [0.1, 0.15) is 11.4 Å². The Morgan fingerprint density at radius 1 is 1.14 bits per heavy atom. The number of aryl methyl sites for hydroxylation is 2. The molecule has 0 radical (unpaired) electrons. The fourth-order valence-corrected chi connectivity index (χ4v) is 1.15.